The van der Waals surface area contributed by atoms with Gasteiger partial charge in [0.25, 0.3) is 0 Å². The fourth-order valence-corrected chi connectivity index (χ4v) is 4.45. The molecule has 104 valence electrons. The van der Waals surface area contributed by atoms with E-state index in [-0.39, 0.29) is 23.5 Å². The molecule has 2 heterocycles. The van der Waals surface area contributed by atoms with E-state index in [0.29, 0.717) is 18.9 Å². The maximum atomic E-state index is 11.9. The Morgan fingerprint density at radius 1 is 1.28 bits per heavy atom. The summed E-state index contributed by atoms with van der Waals surface area (Å²) in [5.74, 6) is 1.30. The average Bonchev–Trinajstić information content (AvgIpc) is 2.67. The van der Waals surface area contributed by atoms with Crippen LogP contribution in [0.25, 0.3) is 0 Å². The first-order chi connectivity index (χ1) is 8.46. The molecule has 1 N–H and O–H groups in total. The van der Waals surface area contributed by atoms with Crippen LogP contribution in [-0.2, 0) is 9.84 Å². The van der Waals surface area contributed by atoms with Gasteiger partial charge in [0.2, 0.25) is 0 Å². The van der Waals surface area contributed by atoms with Crippen LogP contribution in [-0.4, -0.2) is 50.5 Å². The molecule has 0 aromatic rings. The summed E-state index contributed by atoms with van der Waals surface area (Å²) in [6.45, 7) is 4.33. The number of likely N-dealkylation sites (tertiary alicyclic amines) is 1. The van der Waals surface area contributed by atoms with Gasteiger partial charge in [-0.1, -0.05) is 6.92 Å². The number of nitrogens with zero attached hydrogens (tertiary/aromatic N) is 1. The highest BCUT2D eigenvalue weighted by atomic mass is 32.2. The maximum absolute atomic E-state index is 11.9. The lowest BCUT2D eigenvalue weighted by atomic mass is 10.00. The number of carbonyl (C=O) groups excluding carboxylic acids is 1. The van der Waals surface area contributed by atoms with Crippen molar-refractivity contribution in [2.45, 2.75) is 26.2 Å². The SMILES string of the molecule is CC1CCN(C(=O)NCC2CCS(=O)(=O)C2)CC1. The lowest BCUT2D eigenvalue weighted by Gasteiger charge is -2.30. The second-order valence-corrected chi connectivity index (χ2v) is 7.85. The number of carbonyl (C=O) groups is 1. The Kier molecular flexibility index (Phi) is 4.14. The molecule has 0 spiro atoms. The Balaban J connectivity index is 1.72. The summed E-state index contributed by atoms with van der Waals surface area (Å²) in [6.07, 6.45) is 2.80. The normalized spacial score (nSPS) is 28.3. The number of hydrogen-bond acceptors (Lipinski definition) is 3. The summed E-state index contributed by atoms with van der Waals surface area (Å²) >= 11 is 0. The van der Waals surface area contributed by atoms with Gasteiger partial charge in [0.05, 0.1) is 11.5 Å². The third-order valence-corrected chi connectivity index (χ3v) is 5.78. The fraction of sp³-hybridized carbons (Fsp3) is 0.917. The van der Waals surface area contributed by atoms with Gasteiger partial charge in [0.15, 0.2) is 9.84 Å². The molecule has 0 bridgehead atoms. The molecule has 0 radical (unpaired) electrons. The van der Waals surface area contributed by atoms with E-state index in [9.17, 15) is 13.2 Å². The van der Waals surface area contributed by atoms with E-state index < -0.39 is 9.84 Å². The molecule has 2 rings (SSSR count). The topological polar surface area (TPSA) is 66.5 Å². The Hall–Kier alpha value is -0.780. The van der Waals surface area contributed by atoms with Gasteiger partial charge in [-0.2, -0.15) is 0 Å². The van der Waals surface area contributed by atoms with Crippen LogP contribution in [0.1, 0.15) is 26.2 Å². The molecule has 2 aliphatic rings. The minimum absolute atomic E-state index is 0.0359. The van der Waals surface area contributed by atoms with Crippen molar-refractivity contribution in [3.63, 3.8) is 0 Å². The molecule has 0 saturated carbocycles. The molecule has 18 heavy (non-hydrogen) atoms. The van der Waals surface area contributed by atoms with Crippen LogP contribution in [0.15, 0.2) is 0 Å². The minimum Gasteiger partial charge on any atom is -0.338 e. The van der Waals surface area contributed by atoms with Crippen molar-refractivity contribution in [3.05, 3.63) is 0 Å². The quantitative estimate of drug-likeness (QED) is 0.812. The maximum Gasteiger partial charge on any atom is 0.317 e. The third kappa shape index (κ3) is 3.60. The molecular weight excluding hydrogens is 252 g/mol. The number of hydrogen-bond donors (Lipinski definition) is 1. The van der Waals surface area contributed by atoms with Crippen molar-refractivity contribution in [2.75, 3.05) is 31.1 Å². The van der Waals surface area contributed by atoms with Crippen molar-refractivity contribution in [1.29, 1.82) is 0 Å². The van der Waals surface area contributed by atoms with Crippen LogP contribution in [0.5, 0.6) is 0 Å². The Labute approximate surface area is 109 Å². The summed E-state index contributed by atoms with van der Waals surface area (Å²) in [5, 5.41) is 2.87. The molecular formula is C12H22N2O3S. The second-order valence-electron chi connectivity index (χ2n) is 5.62. The van der Waals surface area contributed by atoms with Gasteiger partial charge >= 0.3 is 6.03 Å². The highest BCUT2D eigenvalue weighted by Gasteiger charge is 2.28. The van der Waals surface area contributed by atoms with Gasteiger partial charge in [-0.15, -0.1) is 0 Å². The number of urea groups is 1. The highest BCUT2D eigenvalue weighted by Crippen LogP contribution is 2.18. The van der Waals surface area contributed by atoms with E-state index >= 15 is 0 Å². The van der Waals surface area contributed by atoms with Crippen LogP contribution in [0, 0.1) is 11.8 Å². The number of piperidine rings is 1. The monoisotopic (exact) mass is 274 g/mol. The number of rotatable bonds is 2. The zero-order valence-corrected chi connectivity index (χ0v) is 11.7. The molecule has 0 aromatic carbocycles. The summed E-state index contributed by atoms with van der Waals surface area (Å²) in [5.41, 5.74) is 0. The molecule has 0 aliphatic carbocycles. The van der Waals surface area contributed by atoms with Crippen LogP contribution in [0.4, 0.5) is 4.79 Å². The smallest absolute Gasteiger partial charge is 0.317 e. The zero-order valence-electron chi connectivity index (χ0n) is 10.9. The number of sulfone groups is 1. The summed E-state index contributed by atoms with van der Waals surface area (Å²) < 4.78 is 22.6. The van der Waals surface area contributed by atoms with Crippen LogP contribution >= 0.6 is 0 Å². The van der Waals surface area contributed by atoms with E-state index in [1.165, 1.54) is 0 Å². The van der Waals surface area contributed by atoms with E-state index in [2.05, 4.69) is 12.2 Å². The van der Waals surface area contributed by atoms with Crippen molar-refractivity contribution < 1.29 is 13.2 Å². The minimum atomic E-state index is -2.84. The predicted molar refractivity (Wildman–Crippen MR) is 70.1 cm³/mol. The molecule has 2 saturated heterocycles. The molecule has 2 fully saturated rings. The summed E-state index contributed by atoms with van der Waals surface area (Å²) in [4.78, 5) is 13.7. The molecule has 1 unspecified atom stereocenters. The van der Waals surface area contributed by atoms with Gasteiger partial charge in [0, 0.05) is 19.6 Å². The third-order valence-electron chi connectivity index (χ3n) is 3.94. The van der Waals surface area contributed by atoms with Gasteiger partial charge in [-0.3, -0.25) is 0 Å². The van der Waals surface area contributed by atoms with Gasteiger partial charge < -0.3 is 10.2 Å². The van der Waals surface area contributed by atoms with Crippen LogP contribution in [0.3, 0.4) is 0 Å². The van der Waals surface area contributed by atoms with E-state index in [0.717, 1.165) is 25.9 Å². The van der Waals surface area contributed by atoms with Crippen molar-refractivity contribution in [3.8, 4) is 0 Å². The molecule has 2 amide bonds. The van der Waals surface area contributed by atoms with Gasteiger partial charge in [0.1, 0.15) is 0 Å². The highest BCUT2D eigenvalue weighted by molar-refractivity contribution is 7.91. The van der Waals surface area contributed by atoms with Gasteiger partial charge in [-0.05, 0) is 31.1 Å². The first kappa shape index (κ1) is 13.6. The van der Waals surface area contributed by atoms with Crippen molar-refractivity contribution in [2.24, 2.45) is 11.8 Å². The van der Waals surface area contributed by atoms with Gasteiger partial charge in [-0.25, -0.2) is 13.2 Å². The van der Waals surface area contributed by atoms with E-state index in [1.807, 2.05) is 4.90 Å². The molecule has 5 nitrogen and oxygen atoms in total. The van der Waals surface area contributed by atoms with E-state index in [4.69, 9.17) is 0 Å². The van der Waals surface area contributed by atoms with Crippen LogP contribution in [0.2, 0.25) is 0 Å². The Bertz CT molecular complexity index is 400. The fourth-order valence-electron chi connectivity index (χ4n) is 2.59. The predicted octanol–water partition coefficient (Wildman–Crippen LogP) is 0.863. The molecule has 0 aromatic heterocycles. The summed E-state index contributed by atoms with van der Waals surface area (Å²) in [6, 6.07) is -0.0359. The summed E-state index contributed by atoms with van der Waals surface area (Å²) in [7, 11) is -2.84. The first-order valence-electron chi connectivity index (χ1n) is 6.69. The Morgan fingerprint density at radius 2 is 1.94 bits per heavy atom. The average molecular weight is 274 g/mol. The van der Waals surface area contributed by atoms with Crippen LogP contribution < -0.4 is 5.32 Å². The molecule has 1 atom stereocenters. The first-order valence-corrected chi connectivity index (χ1v) is 8.51. The number of nitrogens with one attached hydrogen (secondary N) is 1. The molecule has 2 aliphatic heterocycles. The lowest BCUT2D eigenvalue weighted by Crippen LogP contribution is -2.45. The number of amides is 2. The Morgan fingerprint density at radius 3 is 2.50 bits per heavy atom. The van der Waals surface area contributed by atoms with Crippen molar-refractivity contribution in [1.82, 2.24) is 10.2 Å². The zero-order chi connectivity index (χ0) is 13.2. The molecule has 6 heteroatoms. The van der Waals surface area contributed by atoms with Crippen molar-refractivity contribution >= 4 is 15.9 Å². The van der Waals surface area contributed by atoms with E-state index in [1.54, 1.807) is 0 Å². The lowest BCUT2D eigenvalue weighted by molar-refractivity contribution is 0.173. The second kappa shape index (κ2) is 5.47. The standard InChI is InChI=1S/C12H22N2O3S/c1-10-2-5-14(6-3-10)12(15)13-8-11-4-7-18(16,17)9-11/h10-11H,2-9H2,1H3,(H,13,15). The largest absolute Gasteiger partial charge is 0.338 e.